The first-order valence-electron chi connectivity index (χ1n) is 8.36. The molecule has 0 aliphatic rings. The molecule has 140 valence electrons. The van der Waals surface area contributed by atoms with Gasteiger partial charge in [-0.05, 0) is 59.5 Å². The number of aromatic hydroxyl groups is 1. The number of benzene rings is 2. The molecule has 0 saturated heterocycles. The van der Waals surface area contributed by atoms with Gasteiger partial charge in [-0.3, -0.25) is 9.59 Å². The molecule has 0 radical (unpaired) electrons. The van der Waals surface area contributed by atoms with Crippen molar-refractivity contribution in [1.29, 1.82) is 0 Å². The van der Waals surface area contributed by atoms with Crippen LogP contribution in [0.25, 0.3) is 6.08 Å². The summed E-state index contributed by atoms with van der Waals surface area (Å²) < 4.78 is 0. The topological polar surface area (TPSA) is 90.8 Å². The van der Waals surface area contributed by atoms with E-state index in [2.05, 4.69) is 15.8 Å². The summed E-state index contributed by atoms with van der Waals surface area (Å²) in [4.78, 5) is 25.8. The van der Waals surface area contributed by atoms with Gasteiger partial charge in [0.05, 0.1) is 6.21 Å². The van der Waals surface area contributed by atoms with Crippen LogP contribution in [0, 0.1) is 0 Å². The molecule has 0 fully saturated rings. The van der Waals surface area contributed by atoms with Gasteiger partial charge in [0.1, 0.15) is 11.4 Å². The molecule has 6 nitrogen and oxygen atoms in total. The van der Waals surface area contributed by atoms with Crippen LogP contribution < -0.4 is 10.7 Å². The van der Waals surface area contributed by atoms with Crippen LogP contribution in [0.15, 0.2) is 82.9 Å². The molecule has 0 spiro atoms. The van der Waals surface area contributed by atoms with Gasteiger partial charge in [0, 0.05) is 10.4 Å². The zero-order valence-electron chi connectivity index (χ0n) is 14.7. The van der Waals surface area contributed by atoms with Crippen LogP contribution in [0.4, 0.5) is 0 Å². The molecule has 1 aromatic heterocycles. The quantitative estimate of drug-likeness (QED) is 0.342. The van der Waals surface area contributed by atoms with E-state index in [1.807, 2.05) is 23.6 Å². The number of hydrogen-bond donors (Lipinski definition) is 3. The number of thiophene rings is 1. The Morgan fingerprint density at radius 2 is 1.71 bits per heavy atom. The highest BCUT2D eigenvalue weighted by molar-refractivity contribution is 7.10. The smallest absolute Gasteiger partial charge is 0.287 e. The lowest BCUT2D eigenvalue weighted by Gasteiger charge is -2.08. The van der Waals surface area contributed by atoms with Gasteiger partial charge in [0.15, 0.2) is 0 Å². The van der Waals surface area contributed by atoms with Crippen LogP contribution in [-0.4, -0.2) is 23.1 Å². The maximum Gasteiger partial charge on any atom is 0.287 e. The highest BCUT2D eigenvalue weighted by atomic mass is 32.1. The van der Waals surface area contributed by atoms with Crippen molar-refractivity contribution < 1.29 is 14.7 Å². The Hall–Kier alpha value is -3.71. The van der Waals surface area contributed by atoms with Gasteiger partial charge in [-0.25, -0.2) is 5.43 Å². The number of amides is 2. The summed E-state index contributed by atoms with van der Waals surface area (Å²) in [5.74, 6) is -0.792. The molecule has 0 unspecified atom stereocenters. The molecule has 7 heteroatoms. The number of carbonyl (C=O) groups excluding carboxylic acids is 2. The minimum Gasteiger partial charge on any atom is -0.508 e. The summed E-state index contributed by atoms with van der Waals surface area (Å²) in [5.41, 5.74) is 3.64. The second-order valence-corrected chi connectivity index (χ2v) is 6.66. The predicted octanol–water partition coefficient (Wildman–Crippen LogP) is 3.37. The molecule has 0 aliphatic heterocycles. The second-order valence-electron chi connectivity index (χ2n) is 5.68. The highest BCUT2D eigenvalue weighted by Crippen LogP contribution is 2.13. The highest BCUT2D eigenvalue weighted by Gasteiger charge is 2.14. The van der Waals surface area contributed by atoms with Crippen LogP contribution in [-0.2, 0) is 4.79 Å². The lowest BCUT2D eigenvalue weighted by molar-refractivity contribution is -0.117. The molecule has 2 amide bonds. The normalized spacial score (nSPS) is 11.4. The molecule has 0 bridgehead atoms. The fourth-order valence-electron chi connectivity index (χ4n) is 2.24. The van der Waals surface area contributed by atoms with E-state index in [1.54, 1.807) is 42.5 Å². The first kappa shape index (κ1) is 19.1. The molecule has 1 heterocycles. The Morgan fingerprint density at radius 1 is 0.964 bits per heavy atom. The SMILES string of the molecule is O=C(NN=Cc1ccc(O)cc1)C(=Cc1cccs1)NC(=O)c1ccccc1. The van der Waals surface area contributed by atoms with Crippen molar-refractivity contribution in [3.63, 3.8) is 0 Å². The lowest BCUT2D eigenvalue weighted by atomic mass is 10.2. The summed E-state index contributed by atoms with van der Waals surface area (Å²) in [6.45, 7) is 0. The molecule has 0 atom stereocenters. The van der Waals surface area contributed by atoms with Gasteiger partial charge in [0.25, 0.3) is 11.8 Å². The average molecular weight is 391 g/mol. The van der Waals surface area contributed by atoms with E-state index in [1.165, 1.54) is 29.7 Å². The molecule has 3 aromatic rings. The van der Waals surface area contributed by atoms with Crippen LogP contribution >= 0.6 is 11.3 Å². The summed E-state index contributed by atoms with van der Waals surface area (Å²) in [6, 6.07) is 18.7. The maximum atomic E-state index is 12.5. The third kappa shape index (κ3) is 5.39. The first-order valence-corrected chi connectivity index (χ1v) is 9.24. The predicted molar refractivity (Wildman–Crippen MR) is 110 cm³/mol. The molecular formula is C21H17N3O3S. The van der Waals surface area contributed by atoms with Crippen LogP contribution in [0.3, 0.4) is 0 Å². The van der Waals surface area contributed by atoms with Crippen LogP contribution in [0.2, 0.25) is 0 Å². The second kappa shape index (κ2) is 9.29. The third-order valence-corrected chi connectivity index (χ3v) is 4.45. The fraction of sp³-hybridized carbons (Fsp3) is 0. The number of carbonyl (C=O) groups is 2. The minimum atomic E-state index is -0.548. The van der Waals surface area contributed by atoms with Gasteiger partial charge in [-0.2, -0.15) is 5.10 Å². The molecule has 2 aromatic carbocycles. The Balaban J connectivity index is 1.73. The van der Waals surface area contributed by atoms with Crippen LogP contribution in [0.1, 0.15) is 20.8 Å². The van der Waals surface area contributed by atoms with Gasteiger partial charge in [0.2, 0.25) is 0 Å². The first-order chi connectivity index (χ1) is 13.6. The van der Waals surface area contributed by atoms with Crippen molar-refractivity contribution in [2.24, 2.45) is 5.10 Å². The van der Waals surface area contributed by atoms with E-state index in [0.717, 1.165) is 4.88 Å². The van der Waals surface area contributed by atoms with Gasteiger partial charge in [-0.15, -0.1) is 11.3 Å². The summed E-state index contributed by atoms with van der Waals surface area (Å²) in [6.07, 6.45) is 3.04. The number of rotatable bonds is 6. The zero-order chi connectivity index (χ0) is 19.8. The lowest BCUT2D eigenvalue weighted by Crippen LogP contribution is -2.32. The van der Waals surface area contributed by atoms with E-state index in [0.29, 0.717) is 11.1 Å². The number of nitrogens with zero attached hydrogens (tertiary/aromatic N) is 1. The van der Waals surface area contributed by atoms with Crippen molar-refractivity contribution >= 4 is 35.4 Å². The van der Waals surface area contributed by atoms with Gasteiger partial charge in [-0.1, -0.05) is 24.3 Å². The van der Waals surface area contributed by atoms with Gasteiger partial charge < -0.3 is 10.4 Å². The molecule has 3 rings (SSSR count). The molecule has 0 saturated carbocycles. The van der Waals surface area contributed by atoms with Crippen molar-refractivity contribution in [3.05, 3.63) is 93.8 Å². The van der Waals surface area contributed by atoms with E-state index < -0.39 is 5.91 Å². The van der Waals surface area contributed by atoms with Crippen molar-refractivity contribution in [1.82, 2.24) is 10.7 Å². The number of hydrogen-bond acceptors (Lipinski definition) is 5. The summed E-state index contributed by atoms with van der Waals surface area (Å²) in [5, 5.41) is 17.7. The summed E-state index contributed by atoms with van der Waals surface area (Å²) >= 11 is 1.44. The van der Waals surface area contributed by atoms with E-state index in [4.69, 9.17) is 0 Å². The van der Waals surface area contributed by atoms with Crippen molar-refractivity contribution in [3.8, 4) is 5.75 Å². The fourth-order valence-corrected chi connectivity index (χ4v) is 2.90. The van der Waals surface area contributed by atoms with Crippen molar-refractivity contribution in [2.75, 3.05) is 0 Å². The van der Waals surface area contributed by atoms with Crippen molar-refractivity contribution in [2.45, 2.75) is 0 Å². The van der Waals surface area contributed by atoms with E-state index in [9.17, 15) is 14.7 Å². The minimum absolute atomic E-state index is 0.0826. The van der Waals surface area contributed by atoms with Crippen LogP contribution in [0.5, 0.6) is 5.75 Å². The monoisotopic (exact) mass is 391 g/mol. The molecule has 0 aliphatic carbocycles. The number of hydrazone groups is 1. The Bertz CT molecular complexity index is 995. The van der Waals surface area contributed by atoms with E-state index in [-0.39, 0.29) is 17.4 Å². The number of phenolic OH excluding ortho intramolecular Hbond substituents is 1. The Labute approximate surface area is 165 Å². The van der Waals surface area contributed by atoms with E-state index >= 15 is 0 Å². The molecular weight excluding hydrogens is 374 g/mol. The zero-order valence-corrected chi connectivity index (χ0v) is 15.5. The summed E-state index contributed by atoms with van der Waals surface area (Å²) in [7, 11) is 0. The standard InChI is InChI=1S/C21H17N3O3S/c25-17-10-8-15(9-11-17)14-22-24-21(27)19(13-18-7-4-12-28-18)23-20(26)16-5-2-1-3-6-16/h1-14,25H,(H,23,26)(H,24,27). The average Bonchev–Trinajstić information content (AvgIpc) is 3.22. The third-order valence-electron chi connectivity index (χ3n) is 3.63. The maximum absolute atomic E-state index is 12.5. The van der Waals surface area contributed by atoms with Gasteiger partial charge >= 0.3 is 0 Å². The largest absolute Gasteiger partial charge is 0.508 e. The number of phenols is 1. The Morgan fingerprint density at radius 3 is 2.39 bits per heavy atom. The Kier molecular flexibility index (Phi) is 6.33. The molecule has 3 N–H and O–H groups in total. The number of nitrogens with one attached hydrogen (secondary N) is 2. The molecule has 28 heavy (non-hydrogen) atoms.